The van der Waals surface area contributed by atoms with Gasteiger partial charge in [-0.3, -0.25) is 24.6 Å². The number of carbonyl (C=O) groups excluding carboxylic acids is 5. The third kappa shape index (κ3) is 4.95. The van der Waals surface area contributed by atoms with Crippen molar-refractivity contribution in [2.24, 2.45) is 5.92 Å². The van der Waals surface area contributed by atoms with Gasteiger partial charge in [0.25, 0.3) is 0 Å². The number of carbonyl (C=O) groups is 5. The van der Waals surface area contributed by atoms with Crippen molar-refractivity contribution < 1.29 is 37.1 Å². The Kier molecular flexibility index (Phi) is 6.06. The first-order valence-corrected chi connectivity index (χ1v) is 8.34. The quantitative estimate of drug-likeness (QED) is 0.541. The molecule has 1 saturated carbocycles. The Morgan fingerprint density at radius 3 is 2.33 bits per heavy atom. The van der Waals surface area contributed by atoms with Gasteiger partial charge in [-0.1, -0.05) is 19.8 Å². The van der Waals surface area contributed by atoms with E-state index in [2.05, 4.69) is 0 Å². The predicted octanol–water partition coefficient (Wildman–Crippen LogP) is 0.744. The van der Waals surface area contributed by atoms with E-state index in [1.165, 1.54) is 5.32 Å². The molecule has 2 aliphatic rings. The number of alkyl halides is 3. The zero-order valence-corrected chi connectivity index (χ0v) is 14.5. The van der Waals surface area contributed by atoms with Gasteiger partial charge < -0.3 is 5.32 Å². The van der Waals surface area contributed by atoms with Gasteiger partial charge in [-0.05, 0) is 18.8 Å². The van der Waals surface area contributed by atoms with E-state index in [1.54, 1.807) is 5.32 Å². The topological polar surface area (TPSA) is 116 Å². The highest BCUT2D eigenvalue weighted by molar-refractivity contribution is 6.45. The Morgan fingerprint density at radius 2 is 1.74 bits per heavy atom. The minimum Gasteiger partial charge on any atom is -0.329 e. The Hall–Kier alpha value is -2.66. The second-order valence-electron chi connectivity index (χ2n) is 6.52. The first kappa shape index (κ1) is 20.6. The van der Waals surface area contributed by atoms with Crippen molar-refractivity contribution in [3.8, 4) is 0 Å². The van der Waals surface area contributed by atoms with Crippen LogP contribution in [0.4, 0.5) is 22.8 Å². The minimum absolute atomic E-state index is 0.00127. The summed E-state index contributed by atoms with van der Waals surface area (Å²) in [7, 11) is 0. The van der Waals surface area contributed by atoms with Crippen LogP contribution in [0.1, 0.15) is 32.6 Å². The van der Waals surface area contributed by atoms with Crippen molar-refractivity contribution in [1.29, 1.82) is 0 Å². The van der Waals surface area contributed by atoms with Crippen LogP contribution in [-0.4, -0.2) is 64.9 Å². The van der Waals surface area contributed by atoms with Crippen molar-refractivity contribution in [2.45, 2.75) is 44.8 Å². The molecule has 2 N–H and O–H groups in total. The molecule has 27 heavy (non-hydrogen) atoms. The summed E-state index contributed by atoms with van der Waals surface area (Å²) in [6.07, 6.45) is -1.59. The number of rotatable bonds is 4. The lowest BCUT2D eigenvalue weighted by Crippen LogP contribution is -2.49. The van der Waals surface area contributed by atoms with Gasteiger partial charge in [-0.2, -0.15) is 13.2 Å². The maximum atomic E-state index is 12.4. The molecule has 12 heteroatoms. The average molecular weight is 392 g/mol. The summed E-state index contributed by atoms with van der Waals surface area (Å²) in [5, 5.41) is 2.99. The van der Waals surface area contributed by atoms with Crippen LogP contribution in [0.2, 0.25) is 0 Å². The number of nitrogens with zero attached hydrogens (tertiary/aromatic N) is 2. The highest BCUT2D eigenvalue weighted by Crippen LogP contribution is 2.31. The summed E-state index contributed by atoms with van der Waals surface area (Å²) in [4.78, 5) is 60.9. The monoisotopic (exact) mass is 392 g/mol. The van der Waals surface area contributed by atoms with E-state index in [0.717, 1.165) is 24.2 Å². The Balaban J connectivity index is 1.97. The predicted molar refractivity (Wildman–Crippen MR) is 83.0 cm³/mol. The molecule has 1 heterocycles. The van der Waals surface area contributed by atoms with E-state index >= 15 is 0 Å². The molecule has 0 radical (unpaired) electrons. The number of imide groups is 3. The lowest BCUT2D eigenvalue weighted by Gasteiger charge is -2.34. The standard InChI is InChI=1S/C15H19F3N4O5/c1-8-4-2-3-5-9(8)22-12(25)11(24)21(14(22)27)6-10(23)20-13(26)19-7-15(16,17)18/h8-9H,2-7H2,1H3,(H2,19,20,23,26)/t8-,9-/m1/s1. The number of amides is 7. The van der Waals surface area contributed by atoms with Crippen LogP contribution in [-0.2, 0) is 14.4 Å². The fourth-order valence-electron chi connectivity index (χ4n) is 3.17. The zero-order valence-electron chi connectivity index (χ0n) is 14.5. The Bertz CT molecular complexity index is 666. The molecule has 9 nitrogen and oxygen atoms in total. The second kappa shape index (κ2) is 7.92. The number of hydrogen-bond donors (Lipinski definition) is 2. The molecule has 0 spiro atoms. The molecule has 0 bridgehead atoms. The number of halogens is 3. The number of nitrogens with one attached hydrogen (secondary N) is 2. The average Bonchev–Trinajstić information content (AvgIpc) is 2.77. The van der Waals surface area contributed by atoms with E-state index < -0.39 is 55.1 Å². The van der Waals surface area contributed by atoms with Gasteiger partial charge in [0.15, 0.2) is 0 Å². The molecule has 2 atom stereocenters. The number of urea groups is 2. The van der Waals surface area contributed by atoms with Gasteiger partial charge in [0.1, 0.15) is 13.1 Å². The summed E-state index contributed by atoms with van der Waals surface area (Å²) >= 11 is 0. The lowest BCUT2D eigenvalue weighted by molar-refractivity contribution is -0.145. The molecule has 0 unspecified atom stereocenters. The summed E-state index contributed by atoms with van der Waals surface area (Å²) in [5.41, 5.74) is 0. The van der Waals surface area contributed by atoms with Gasteiger partial charge in [0.05, 0.1) is 0 Å². The van der Waals surface area contributed by atoms with E-state index in [0.29, 0.717) is 11.3 Å². The molecule has 1 aliphatic heterocycles. The molecule has 0 aromatic carbocycles. The van der Waals surface area contributed by atoms with Crippen LogP contribution >= 0.6 is 0 Å². The van der Waals surface area contributed by atoms with Crippen LogP contribution in [0, 0.1) is 5.92 Å². The van der Waals surface area contributed by atoms with E-state index in [4.69, 9.17) is 0 Å². The van der Waals surface area contributed by atoms with Crippen molar-refractivity contribution in [3.05, 3.63) is 0 Å². The second-order valence-corrected chi connectivity index (χ2v) is 6.52. The van der Waals surface area contributed by atoms with Crippen LogP contribution in [0.5, 0.6) is 0 Å². The molecule has 2 rings (SSSR count). The molecule has 7 amide bonds. The highest BCUT2D eigenvalue weighted by Gasteiger charge is 2.49. The van der Waals surface area contributed by atoms with Gasteiger partial charge >= 0.3 is 30.1 Å². The Labute approximate surface area is 152 Å². The first-order valence-electron chi connectivity index (χ1n) is 8.34. The van der Waals surface area contributed by atoms with Crippen LogP contribution in [0.3, 0.4) is 0 Å². The maximum Gasteiger partial charge on any atom is 0.405 e. The van der Waals surface area contributed by atoms with Crippen molar-refractivity contribution in [3.63, 3.8) is 0 Å². The van der Waals surface area contributed by atoms with Crippen LogP contribution in [0.25, 0.3) is 0 Å². The van der Waals surface area contributed by atoms with Gasteiger partial charge in [0.2, 0.25) is 5.91 Å². The van der Waals surface area contributed by atoms with E-state index in [1.807, 2.05) is 6.92 Å². The van der Waals surface area contributed by atoms with Crippen molar-refractivity contribution >= 4 is 29.8 Å². The van der Waals surface area contributed by atoms with Crippen LogP contribution < -0.4 is 10.6 Å². The third-order valence-electron chi connectivity index (χ3n) is 4.49. The third-order valence-corrected chi connectivity index (χ3v) is 4.49. The van der Waals surface area contributed by atoms with Gasteiger partial charge in [-0.25, -0.2) is 14.5 Å². The fraction of sp³-hybridized carbons (Fsp3) is 0.667. The number of hydrogen-bond acceptors (Lipinski definition) is 5. The summed E-state index contributed by atoms with van der Waals surface area (Å²) in [6, 6.07) is -2.85. The molecule has 1 saturated heterocycles. The van der Waals surface area contributed by atoms with Crippen LogP contribution in [0.15, 0.2) is 0 Å². The summed E-state index contributed by atoms with van der Waals surface area (Å²) in [5.74, 6) is -3.44. The fourth-order valence-corrected chi connectivity index (χ4v) is 3.17. The molecule has 150 valence electrons. The molecular weight excluding hydrogens is 373 g/mol. The van der Waals surface area contributed by atoms with E-state index in [9.17, 15) is 37.1 Å². The maximum absolute atomic E-state index is 12.4. The lowest BCUT2D eigenvalue weighted by atomic mass is 9.85. The molecular formula is C15H19F3N4O5. The van der Waals surface area contributed by atoms with Gasteiger partial charge in [0, 0.05) is 6.04 Å². The van der Waals surface area contributed by atoms with E-state index in [-0.39, 0.29) is 5.92 Å². The zero-order chi connectivity index (χ0) is 20.4. The highest BCUT2D eigenvalue weighted by atomic mass is 19.4. The molecule has 0 aromatic rings. The summed E-state index contributed by atoms with van der Waals surface area (Å²) < 4.78 is 36.0. The SMILES string of the molecule is C[C@@H]1CCCC[C@H]1N1C(=O)C(=O)N(CC(=O)NC(=O)NCC(F)(F)F)C1=O. The first-order chi connectivity index (χ1) is 12.5. The minimum atomic E-state index is -4.66. The smallest absolute Gasteiger partial charge is 0.329 e. The molecule has 2 fully saturated rings. The van der Waals surface area contributed by atoms with Crippen molar-refractivity contribution in [1.82, 2.24) is 20.4 Å². The summed E-state index contributed by atoms with van der Waals surface area (Å²) in [6.45, 7) is -0.741. The molecule has 1 aliphatic carbocycles. The molecule has 0 aromatic heterocycles. The Morgan fingerprint density at radius 1 is 1.11 bits per heavy atom. The normalized spacial score (nSPS) is 23.6. The largest absolute Gasteiger partial charge is 0.405 e. The van der Waals surface area contributed by atoms with Crippen molar-refractivity contribution in [2.75, 3.05) is 13.1 Å². The van der Waals surface area contributed by atoms with Gasteiger partial charge in [-0.15, -0.1) is 0 Å².